The van der Waals surface area contributed by atoms with E-state index in [4.69, 9.17) is 4.74 Å². The van der Waals surface area contributed by atoms with Crippen LogP contribution in [0.2, 0.25) is 0 Å². The van der Waals surface area contributed by atoms with Crippen LogP contribution < -0.4 is 0 Å². The fraction of sp³-hybridized carbons (Fsp3) is 0.867. The van der Waals surface area contributed by atoms with Crippen molar-refractivity contribution in [3.05, 3.63) is 0 Å². The second kappa shape index (κ2) is 7.63. The van der Waals surface area contributed by atoms with E-state index in [1.54, 1.807) is 6.92 Å². The van der Waals surface area contributed by atoms with Crippen LogP contribution in [0.5, 0.6) is 0 Å². The molecular formula is C15H27NO3. The summed E-state index contributed by atoms with van der Waals surface area (Å²) in [5, 5.41) is 0. The van der Waals surface area contributed by atoms with Crippen LogP contribution in [-0.2, 0) is 14.3 Å². The number of Topliss-reactive ketones (excluding diaryl/α,β-unsaturated/α-hetero) is 1. The first-order valence-corrected chi connectivity index (χ1v) is 7.45. The zero-order chi connectivity index (χ0) is 14.3. The van der Waals surface area contributed by atoms with Crippen LogP contribution in [0, 0.1) is 5.41 Å². The Morgan fingerprint density at radius 1 is 1.11 bits per heavy atom. The predicted molar refractivity (Wildman–Crippen MR) is 74.9 cm³/mol. The molecule has 1 heterocycles. The Morgan fingerprint density at radius 2 is 1.68 bits per heavy atom. The fourth-order valence-corrected chi connectivity index (χ4v) is 2.82. The van der Waals surface area contributed by atoms with Gasteiger partial charge >= 0.3 is 5.97 Å². The molecule has 0 unspecified atom stereocenters. The van der Waals surface area contributed by atoms with E-state index in [0.717, 1.165) is 25.9 Å². The van der Waals surface area contributed by atoms with Gasteiger partial charge in [0.2, 0.25) is 0 Å². The third kappa shape index (κ3) is 4.94. The van der Waals surface area contributed by atoms with Crippen molar-refractivity contribution in [3.63, 3.8) is 0 Å². The minimum absolute atomic E-state index is 0.0288. The highest BCUT2D eigenvalue weighted by molar-refractivity contribution is 5.96. The second-order valence-corrected chi connectivity index (χ2v) is 5.50. The lowest BCUT2D eigenvalue weighted by Crippen LogP contribution is -2.42. The first kappa shape index (κ1) is 16.2. The van der Waals surface area contributed by atoms with Crippen LogP contribution in [0.15, 0.2) is 0 Å². The van der Waals surface area contributed by atoms with Crippen molar-refractivity contribution in [1.82, 2.24) is 4.90 Å². The van der Waals surface area contributed by atoms with Crippen molar-refractivity contribution in [1.29, 1.82) is 0 Å². The molecular weight excluding hydrogens is 242 g/mol. The molecule has 1 saturated heterocycles. The summed E-state index contributed by atoms with van der Waals surface area (Å²) in [5.41, 5.74) is 0.473. The van der Waals surface area contributed by atoms with Gasteiger partial charge in [-0.2, -0.15) is 0 Å². The van der Waals surface area contributed by atoms with Gasteiger partial charge < -0.3 is 4.74 Å². The van der Waals surface area contributed by atoms with Gasteiger partial charge in [0.05, 0.1) is 13.2 Å². The van der Waals surface area contributed by atoms with Gasteiger partial charge in [-0.05, 0) is 38.3 Å². The Hall–Kier alpha value is -0.900. The molecule has 0 radical (unpaired) electrons. The average molecular weight is 269 g/mol. The normalized spacial score (nSPS) is 19.1. The SMILES string of the molecule is CCOC(=O)CC(=O)CN1CCC(CC)(CC)CC1. The molecule has 0 N–H and O–H groups in total. The van der Waals surface area contributed by atoms with Crippen LogP contribution in [0.4, 0.5) is 0 Å². The molecule has 4 heteroatoms. The van der Waals surface area contributed by atoms with Crippen LogP contribution in [0.1, 0.15) is 52.9 Å². The number of likely N-dealkylation sites (tertiary alicyclic amines) is 1. The molecule has 0 aliphatic carbocycles. The molecule has 0 spiro atoms. The minimum atomic E-state index is -0.402. The van der Waals surface area contributed by atoms with Gasteiger partial charge in [0.15, 0.2) is 5.78 Å². The van der Waals surface area contributed by atoms with Crippen LogP contribution in [0.25, 0.3) is 0 Å². The number of esters is 1. The maximum Gasteiger partial charge on any atom is 0.313 e. The maximum atomic E-state index is 11.8. The molecule has 0 aromatic heterocycles. The Labute approximate surface area is 116 Å². The third-order valence-electron chi connectivity index (χ3n) is 4.46. The van der Waals surface area contributed by atoms with Crippen molar-refractivity contribution in [2.45, 2.75) is 52.9 Å². The Balaban J connectivity index is 2.32. The molecule has 1 fully saturated rings. The summed E-state index contributed by atoms with van der Waals surface area (Å²) in [7, 11) is 0. The number of ether oxygens (including phenoxy) is 1. The number of rotatable bonds is 7. The molecule has 0 atom stereocenters. The molecule has 19 heavy (non-hydrogen) atoms. The third-order valence-corrected chi connectivity index (χ3v) is 4.46. The van der Waals surface area contributed by atoms with Crippen molar-refractivity contribution < 1.29 is 14.3 Å². The van der Waals surface area contributed by atoms with E-state index in [1.807, 2.05) is 0 Å². The Bertz CT molecular complexity index is 301. The van der Waals surface area contributed by atoms with E-state index in [2.05, 4.69) is 18.7 Å². The first-order chi connectivity index (χ1) is 9.05. The van der Waals surface area contributed by atoms with Gasteiger partial charge in [0.25, 0.3) is 0 Å². The van der Waals surface area contributed by atoms with Gasteiger partial charge in [-0.25, -0.2) is 0 Å². The zero-order valence-electron chi connectivity index (χ0n) is 12.5. The summed E-state index contributed by atoms with van der Waals surface area (Å²) in [6.45, 7) is 8.93. The van der Waals surface area contributed by atoms with Gasteiger partial charge in [-0.1, -0.05) is 26.7 Å². The Morgan fingerprint density at radius 3 is 2.16 bits per heavy atom. The lowest BCUT2D eigenvalue weighted by Gasteiger charge is -2.40. The van der Waals surface area contributed by atoms with Gasteiger partial charge in [-0.3, -0.25) is 14.5 Å². The lowest BCUT2D eigenvalue weighted by atomic mass is 9.74. The number of piperidine rings is 1. The van der Waals surface area contributed by atoms with E-state index in [-0.39, 0.29) is 12.2 Å². The molecule has 0 aromatic rings. The maximum absolute atomic E-state index is 11.8. The molecule has 0 aromatic carbocycles. The largest absolute Gasteiger partial charge is 0.466 e. The number of hydrogen-bond acceptors (Lipinski definition) is 4. The number of carbonyl (C=O) groups is 2. The summed E-state index contributed by atoms with van der Waals surface area (Å²) < 4.78 is 4.79. The number of hydrogen-bond donors (Lipinski definition) is 0. The number of carbonyl (C=O) groups excluding carboxylic acids is 2. The molecule has 110 valence electrons. The van der Waals surface area contributed by atoms with Crippen LogP contribution in [-0.4, -0.2) is 42.9 Å². The molecule has 1 aliphatic heterocycles. The number of ketones is 1. The molecule has 0 bridgehead atoms. The first-order valence-electron chi connectivity index (χ1n) is 7.45. The van der Waals surface area contributed by atoms with Crippen molar-refractivity contribution in [2.75, 3.05) is 26.2 Å². The van der Waals surface area contributed by atoms with Crippen molar-refractivity contribution >= 4 is 11.8 Å². The molecule has 1 aliphatic rings. The van der Waals surface area contributed by atoms with Gasteiger partial charge in [0.1, 0.15) is 6.42 Å². The predicted octanol–water partition coefficient (Wildman–Crippen LogP) is 2.41. The highest BCUT2D eigenvalue weighted by Gasteiger charge is 2.31. The highest BCUT2D eigenvalue weighted by atomic mass is 16.5. The van der Waals surface area contributed by atoms with E-state index in [0.29, 0.717) is 18.6 Å². The molecule has 4 nitrogen and oxygen atoms in total. The highest BCUT2D eigenvalue weighted by Crippen LogP contribution is 2.37. The monoisotopic (exact) mass is 269 g/mol. The van der Waals surface area contributed by atoms with E-state index in [1.165, 1.54) is 12.8 Å². The minimum Gasteiger partial charge on any atom is -0.466 e. The molecule has 0 amide bonds. The van der Waals surface area contributed by atoms with E-state index < -0.39 is 5.97 Å². The summed E-state index contributed by atoms with van der Waals surface area (Å²) in [6, 6.07) is 0. The summed E-state index contributed by atoms with van der Waals surface area (Å²) in [6.07, 6.45) is 4.67. The molecule has 1 rings (SSSR count). The molecule has 0 saturated carbocycles. The van der Waals surface area contributed by atoms with E-state index in [9.17, 15) is 9.59 Å². The fourth-order valence-electron chi connectivity index (χ4n) is 2.82. The topological polar surface area (TPSA) is 46.6 Å². The van der Waals surface area contributed by atoms with Crippen molar-refractivity contribution in [2.24, 2.45) is 5.41 Å². The Kier molecular flexibility index (Phi) is 6.49. The zero-order valence-corrected chi connectivity index (χ0v) is 12.5. The summed E-state index contributed by atoms with van der Waals surface area (Å²) in [5.74, 6) is -0.431. The second-order valence-electron chi connectivity index (χ2n) is 5.50. The van der Waals surface area contributed by atoms with Crippen LogP contribution >= 0.6 is 0 Å². The smallest absolute Gasteiger partial charge is 0.313 e. The quantitative estimate of drug-likeness (QED) is 0.526. The van der Waals surface area contributed by atoms with Crippen molar-refractivity contribution in [3.8, 4) is 0 Å². The summed E-state index contributed by atoms with van der Waals surface area (Å²) >= 11 is 0. The average Bonchev–Trinajstić information content (AvgIpc) is 2.40. The van der Waals surface area contributed by atoms with E-state index >= 15 is 0 Å². The summed E-state index contributed by atoms with van der Waals surface area (Å²) in [4.78, 5) is 25.2. The van der Waals surface area contributed by atoms with Gasteiger partial charge in [-0.15, -0.1) is 0 Å². The standard InChI is InChI=1S/C15H27NO3/c1-4-15(5-2)7-9-16(10-8-15)12-13(17)11-14(18)19-6-3/h4-12H2,1-3H3. The van der Waals surface area contributed by atoms with Crippen LogP contribution in [0.3, 0.4) is 0 Å². The van der Waals surface area contributed by atoms with Gasteiger partial charge in [0, 0.05) is 0 Å². The number of nitrogens with zero attached hydrogens (tertiary/aromatic N) is 1. The lowest BCUT2D eigenvalue weighted by molar-refractivity contribution is -0.145.